The van der Waals surface area contributed by atoms with Gasteiger partial charge >= 0.3 is 0 Å². The number of benzene rings is 2. The molecule has 9 nitrogen and oxygen atoms in total. The maximum atomic E-state index is 12.8. The number of aryl methyl sites for hydroxylation is 1. The van der Waals surface area contributed by atoms with E-state index in [-0.39, 0.29) is 17.8 Å². The van der Waals surface area contributed by atoms with Crippen LogP contribution in [0.15, 0.2) is 54.7 Å². The Morgan fingerprint density at radius 2 is 1.94 bits per heavy atom. The zero-order valence-electron chi connectivity index (χ0n) is 19.1. The van der Waals surface area contributed by atoms with E-state index in [1.807, 2.05) is 62.4 Å². The number of aromatic nitrogens is 5. The summed E-state index contributed by atoms with van der Waals surface area (Å²) < 4.78 is 12.6. The molecular weight excluding hydrogens is 432 g/mol. The molecule has 0 fully saturated rings. The first-order valence-electron chi connectivity index (χ1n) is 11.0. The molecule has 4 aromatic rings. The molecule has 0 aliphatic carbocycles. The van der Waals surface area contributed by atoms with Crippen molar-refractivity contribution < 1.29 is 14.3 Å². The minimum absolute atomic E-state index is 0.107. The number of hydrogen-bond donors (Lipinski definition) is 1. The van der Waals surface area contributed by atoms with Crippen LogP contribution in [0.2, 0.25) is 0 Å². The summed E-state index contributed by atoms with van der Waals surface area (Å²) in [6.45, 7) is 4.40. The van der Waals surface area contributed by atoms with Crippen molar-refractivity contribution in [2.45, 2.75) is 26.2 Å². The average Bonchev–Trinajstić information content (AvgIpc) is 3.20. The number of carbonyl (C=O) groups excluding carboxylic acids is 1. The van der Waals surface area contributed by atoms with Crippen LogP contribution in [0.1, 0.15) is 36.1 Å². The second-order valence-electron chi connectivity index (χ2n) is 7.91. The Hall–Kier alpha value is -4.27. The molecule has 0 spiro atoms. The first kappa shape index (κ1) is 21.6. The molecule has 0 radical (unpaired) electrons. The van der Waals surface area contributed by atoms with Crippen molar-refractivity contribution in [3.8, 4) is 28.7 Å². The van der Waals surface area contributed by atoms with Gasteiger partial charge in [-0.3, -0.25) is 4.79 Å². The summed E-state index contributed by atoms with van der Waals surface area (Å²) in [5.74, 6) is 2.05. The third kappa shape index (κ3) is 3.85. The summed E-state index contributed by atoms with van der Waals surface area (Å²) in [5.41, 5.74) is 4.15. The number of carbonyl (C=O) groups is 1. The largest absolute Gasteiger partial charge is 0.497 e. The number of nitrogens with zero attached hydrogens (tertiary/aromatic N) is 5. The van der Waals surface area contributed by atoms with E-state index in [1.165, 1.54) is 0 Å². The molecule has 34 heavy (non-hydrogen) atoms. The summed E-state index contributed by atoms with van der Waals surface area (Å²) >= 11 is 0. The van der Waals surface area contributed by atoms with Gasteiger partial charge in [-0.25, -0.2) is 4.98 Å². The van der Waals surface area contributed by atoms with Gasteiger partial charge in [0, 0.05) is 29.0 Å². The van der Waals surface area contributed by atoms with Crippen molar-refractivity contribution >= 4 is 11.7 Å². The van der Waals surface area contributed by atoms with Crippen molar-refractivity contribution in [2.75, 3.05) is 19.0 Å². The fourth-order valence-electron chi connectivity index (χ4n) is 4.30. The van der Waals surface area contributed by atoms with E-state index in [4.69, 9.17) is 9.47 Å². The molecule has 1 unspecified atom stereocenters. The standard InChI is InChI=1S/C25H24N6O3/c1-4-34-21-8-6-5-7-18(21)19-13-22(32)28-24-23(19)15(2)30-31(24)25-27-20(14-26-29-25)16-9-11-17(33-3)12-10-16/h5-12,14,19H,4,13H2,1-3H3,(H,28,32). The van der Waals surface area contributed by atoms with Crippen molar-refractivity contribution in [1.29, 1.82) is 0 Å². The van der Waals surface area contributed by atoms with Crippen LogP contribution >= 0.6 is 0 Å². The fourth-order valence-corrected chi connectivity index (χ4v) is 4.30. The number of methoxy groups -OCH3 is 1. The van der Waals surface area contributed by atoms with Crippen LogP contribution in [0.5, 0.6) is 11.5 Å². The second-order valence-corrected chi connectivity index (χ2v) is 7.91. The first-order valence-corrected chi connectivity index (χ1v) is 11.0. The smallest absolute Gasteiger partial charge is 0.272 e. The molecule has 3 heterocycles. The second kappa shape index (κ2) is 8.93. The average molecular weight is 457 g/mol. The van der Waals surface area contributed by atoms with E-state index >= 15 is 0 Å². The number of fused-ring (bicyclic) bond motifs is 1. The molecule has 1 aliphatic heterocycles. The van der Waals surface area contributed by atoms with Gasteiger partial charge in [0.05, 0.1) is 31.3 Å². The fraction of sp³-hybridized carbons (Fsp3) is 0.240. The molecule has 0 saturated heterocycles. The number of rotatable bonds is 6. The third-order valence-electron chi connectivity index (χ3n) is 5.82. The molecule has 1 aliphatic rings. The van der Waals surface area contributed by atoms with E-state index < -0.39 is 0 Å². The minimum atomic E-state index is -0.196. The Kier molecular flexibility index (Phi) is 5.67. The Balaban J connectivity index is 1.59. The lowest BCUT2D eigenvalue weighted by molar-refractivity contribution is -0.116. The van der Waals surface area contributed by atoms with Gasteiger partial charge < -0.3 is 14.8 Å². The van der Waals surface area contributed by atoms with Crippen LogP contribution in [0.25, 0.3) is 17.2 Å². The molecule has 2 aromatic carbocycles. The van der Waals surface area contributed by atoms with Gasteiger partial charge in [-0.2, -0.15) is 14.9 Å². The molecule has 172 valence electrons. The normalized spacial score (nSPS) is 14.9. The van der Waals surface area contributed by atoms with Crippen LogP contribution in [0, 0.1) is 6.92 Å². The van der Waals surface area contributed by atoms with Crippen molar-refractivity contribution in [2.24, 2.45) is 0 Å². The molecule has 2 aromatic heterocycles. The maximum Gasteiger partial charge on any atom is 0.272 e. The lowest BCUT2D eigenvalue weighted by Crippen LogP contribution is -2.25. The molecule has 9 heteroatoms. The summed E-state index contributed by atoms with van der Waals surface area (Å²) in [6.07, 6.45) is 1.89. The zero-order chi connectivity index (χ0) is 23.7. The number of para-hydroxylation sites is 1. The third-order valence-corrected chi connectivity index (χ3v) is 5.82. The Morgan fingerprint density at radius 3 is 2.71 bits per heavy atom. The van der Waals surface area contributed by atoms with E-state index in [1.54, 1.807) is 18.0 Å². The van der Waals surface area contributed by atoms with Gasteiger partial charge in [0.25, 0.3) is 5.95 Å². The van der Waals surface area contributed by atoms with Crippen LogP contribution in [-0.4, -0.2) is 44.6 Å². The Bertz CT molecular complexity index is 1350. The predicted molar refractivity (Wildman–Crippen MR) is 126 cm³/mol. The van der Waals surface area contributed by atoms with Gasteiger partial charge in [0.1, 0.15) is 17.3 Å². The van der Waals surface area contributed by atoms with Crippen molar-refractivity contribution in [3.05, 3.63) is 71.5 Å². The highest BCUT2D eigenvalue weighted by Crippen LogP contribution is 2.42. The van der Waals surface area contributed by atoms with Crippen LogP contribution in [-0.2, 0) is 4.79 Å². The van der Waals surface area contributed by atoms with E-state index in [2.05, 4.69) is 25.6 Å². The lowest BCUT2D eigenvalue weighted by Gasteiger charge is -2.25. The summed E-state index contributed by atoms with van der Waals surface area (Å²) in [6, 6.07) is 15.3. The quantitative estimate of drug-likeness (QED) is 0.469. The molecule has 1 amide bonds. The predicted octanol–water partition coefficient (Wildman–Crippen LogP) is 3.91. The van der Waals surface area contributed by atoms with Gasteiger partial charge in [0.2, 0.25) is 5.91 Å². The Morgan fingerprint density at radius 1 is 1.15 bits per heavy atom. The van der Waals surface area contributed by atoms with Crippen molar-refractivity contribution in [3.63, 3.8) is 0 Å². The summed E-state index contributed by atoms with van der Waals surface area (Å²) in [5, 5.41) is 16.0. The number of ether oxygens (including phenoxy) is 2. The van der Waals surface area contributed by atoms with E-state index in [0.29, 0.717) is 24.5 Å². The van der Waals surface area contributed by atoms with Crippen molar-refractivity contribution in [1.82, 2.24) is 25.0 Å². The summed E-state index contributed by atoms with van der Waals surface area (Å²) in [7, 11) is 1.62. The van der Waals surface area contributed by atoms with Gasteiger partial charge in [0.15, 0.2) is 0 Å². The highest BCUT2D eigenvalue weighted by Gasteiger charge is 2.34. The Labute approximate surface area is 196 Å². The van der Waals surface area contributed by atoms with Crippen LogP contribution in [0.3, 0.4) is 0 Å². The zero-order valence-corrected chi connectivity index (χ0v) is 19.1. The topological polar surface area (TPSA) is 104 Å². The van der Waals surface area contributed by atoms with Crippen LogP contribution in [0.4, 0.5) is 5.82 Å². The number of hydrogen-bond acceptors (Lipinski definition) is 7. The van der Waals surface area contributed by atoms with E-state index in [9.17, 15) is 4.79 Å². The lowest BCUT2D eigenvalue weighted by atomic mass is 9.85. The number of anilines is 1. The first-order chi connectivity index (χ1) is 16.6. The maximum absolute atomic E-state index is 12.8. The van der Waals surface area contributed by atoms with E-state index in [0.717, 1.165) is 33.9 Å². The highest BCUT2D eigenvalue weighted by atomic mass is 16.5. The molecule has 1 N–H and O–H groups in total. The molecule has 0 saturated carbocycles. The molecule has 0 bridgehead atoms. The molecular formula is C25H24N6O3. The highest BCUT2D eigenvalue weighted by molar-refractivity contribution is 5.95. The van der Waals surface area contributed by atoms with Crippen LogP contribution < -0.4 is 14.8 Å². The van der Waals surface area contributed by atoms with Gasteiger partial charge in [-0.05, 0) is 44.2 Å². The summed E-state index contributed by atoms with van der Waals surface area (Å²) in [4.78, 5) is 17.4. The van der Waals surface area contributed by atoms with Gasteiger partial charge in [-0.15, -0.1) is 5.10 Å². The monoisotopic (exact) mass is 456 g/mol. The minimum Gasteiger partial charge on any atom is -0.497 e. The SMILES string of the molecule is CCOc1ccccc1C1CC(=O)Nc2c1c(C)nn2-c1nncc(-c2ccc(OC)cc2)n1. The molecule has 1 atom stereocenters. The molecule has 5 rings (SSSR count). The number of amides is 1. The van der Waals surface area contributed by atoms with Gasteiger partial charge in [-0.1, -0.05) is 18.2 Å². The number of nitrogens with one attached hydrogen (secondary N) is 1.